The molecule has 0 aliphatic heterocycles. The van der Waals surface area contributed by atoms with Gasteiger partial charge in [-0.15, -0.1) is 0 Å². The molecule has 0 atom stereocenters. The summed E-state index contributed by atoms with van der Waals surface area (Å²) in [6, 6.07) is 22.2. The Labute approximate surface area is 188 Å². The molecule has 0 unspecified atom stereocenters. The number of anilines is 1. The van der Waals surface area contributed by atoms with Crippen molar-refractivity contribution in [3.05, 3.63) is 95.6 Å². The van der Waals surface area contributed by atoms with Crippen LogP contribution in [0.3, 0.4) is 0 Å². The third-order valence-corrected chi connectivity index (χ3v) is 6.69. The first-order chi connectivity index (χ1) is 15.3. The van der Waals surface area contributed by atoms with Crippen LogP contribution in [0.1, 0.15) is 26.3 Å². The standard InChI is InChI=1S/C24H25N3O4S/c1-27(2)32(30,31)20-14-12-19(13-15-20)23(28)26-22-11-7-6-10-21(22)24(29)25-17-16-18-8-4-3-5-9-18/h3-15H,16-17H2,1-2H3,(H,25,29)(H,26,28). The zero-order chi connectivity index (χ0) is 23.1. The van der Waals surface area contributed by atoms with Gasteiger partial charge >= 0.3 is 0 Å². The number of hydrogen-bond donors (Lipinski definition) is 2. The molecule has 32 heavy (non-hydrogen) atoms. The van der Waals surface area contributed by atoms with Crippen molar-refractivity contribution in [1.82, 2.24) is 9.62 Å². The number of nitrogens with one attached hydrogen (secondary N) is 2. The number of sulfonamides is 1. The number of nitrogens with zero attached hydrogens (tertiary/aromatic N) is 1. The van der Waals surface area contributed by atoms with E-state index in [1.807, 2.05) is 30.3 Å². The molecule has 8 heteroatoms. The number of amides is 2. The normalized spacial score (nSPS) is 11.2. The third kappa shape index (κ3) is 5.60. The maximum Gasteiger partial charge on any atom is 0.255 e. The van der Waals surface area contributed by atoms with E-state index < -0.39 is 15.9 Å². The van der Waals surface area contributed by atoms with Crippen molar-refractivity contribution < 1.29 is 18.0 Å². The van der Waals surface area contributed by atoms with Gasteiger partial charge in [-0.1, -0.05) is 42.5 Å². The number of carbonyl (C=O) groups is 2. The summed E-state index contributed by atoms with van der Waals surface area (Å²) in [7, 11) is -0.692. The minimum absolute atomic E-state index is 0.0947. The van der Waals surface area contributed by atoms with Gasteiger partial charge in [0.2, 0.25) is 10.0 Å². The Morgan fingerprint density at radius 2 is 1.44 bits per heavy atom. The number of benzene rings is 3. The van der Waals surface area contributed by atoms with E-state index in [1.54, 1.807) is 24.3 Å². The molecule has 0 spiro atoms. The van der Waals surface area contributed by atoms with Crippen LogP contribution < -0.4 is 10.6 Å². The first-order valence-electron chi connectivity index (χ1n) is 10.0. The minimum atomic E-state index is -3.58. The summed E-state index contributed by atoms with van der Waals surface area (Å²) in [5.41, 5.74) is 2.12. The molecule has 0 heterocycles. The summed E-state index contributed by atoms with van der Waals surface area (Å²) in [5, 5.41) is 5.61. The van der Waals surface area contributed by atoms with Gasteiger partial charge in [0.25, 0.3) is 11.8 Å². The lowest BCUT2D eigenvalue weighted by atomic mass is 10.1. The van der Waals surface area contributed by atoms with Crippen molar-refractivity contribution in [2.75, 3.05) is 26.0 Å². The number of carbonyl (C=O) groups excluding carboxylic acids is 2. The van der Waals surface area contributed by atoms with Gasteiger partial charge in [0, 0.05) is 26.2 Å². The Hall–Kier alpha value is -3.49. The Morgan fingerprint density at radius 1 is 0.812 bits per heavy atom. The molecule has 3 aromatic carbocycles. The van der Waals surface area contributed by atoms with Crippen molar-refractivity contribution >= 4 is 27.5 Å². The molecule has 0 aliphatic carbocycles. The van der Waals surface area contributed by atoms with Gasteiger partial charge in [-0.3, -0.25) is 9.59 Å². The van der Waals surface area contributed by atoms with Crippen LogP contribution in [0.4, 0.5) is 5.69 Å². The predicted octanol–water partition coefficient (Wildman–Crippen LogP) is 3.16. The smallest absolute Gasteiger partial charge is 0.255 e. The van der Waals surface area contributed by atoms with Crippen LogP contribution in [0, 0.1) is 0 Å². The van der Waals surface area contributed by atoms with Crippen molar-refractivity contribution in [2.24, 2.45) is 0 Å². The predicted molar refractivity (Wildman–Crippen MR) is 124 cm³/mol. The molecule has 0 saturated carbocycles. The van der Waals surface area contributed by atoms with Crippen molar-refractivity contribution in [3.63, 3.8) is 0 Å². The highest BCUT2D eigenvalue weighted by molar-refractivity contribution is 7.89. The SMILES string of the molecule is CN(C)S(=O)(=O)c1ccc(C(=O)Nc2ccccc2C(=O)NCCc2ccccc2)cc1. The summed E-state index contributed by atoms with van der Waals surface area (Å²) in [6.07, 6.45) is 0.698. The van der Waals surface area contributed by atoms with E-state index in [4.69, 9.17) is 0 Å². The van der Waals surface area contributed by atoms with Crippen LogP contribution in [0.2, 0.25) is 0 Å². The molecular formula is C24H25N3O4S. The molecule has 2 N–H and O–H groups in total. The third-order valence-electron chi connectivity index (χ3n) is 4.86. The number of rotatable bonds is 8. The molecule has 7 nitrogen and oxygen atoms in total. The molecule has 3 aromatic rings. The van der Waals surface area contributed by atoms with Gasteiger partial charge < -0.3 is 10.6 Å². The molecule has 3 rings (SSSR count). The molecule has 0 bridgehead atoms. The fourth-order valence-corrected chi connectivity index (χ4v) is 3.94. The first kappa shape index (κ1) is 23.2. The minimum Gasteiger partial charge on any atom is -0.352 e. The van der Waals surface area contributed by atoms with E-state index in [9.17, 15) is 18.0 Å². The largest absolute Gasteiger partial charge is 0.352 e. The molecule has 0 saturated heterocycles. The zero-order valence-electron chi connectivity index (χ0n) is 17.9. The highest BCUT2D eigenvalue weighted by atomic mass is 32.2. The second kappa shape index (κ2) is 10.2. The van der Waals surface area contributed by atoms with Gasteiger partial charge in [0.05, 0.1) is 16.1 Å². The highest BCUT2D eigenvalue weighted by Gasteiger charge is 2.18. The summed E-state index contributed by atoms with van der Waals surface area (Å²) in [4.78, 5) is 25.4. The van der Waals surface area contributed by atoms with Gasteiger partial charge in [-0.2, -0.15) is 0 Å². The van der Waals surface area contributed by atoms with E-state index in [2.05, 4.69) is 10.6 Å². The van der Waals surface area contributed by atoms with Crippen LogP contribution in [0.5, 0.6) is 0 Å². The maximum atomic E-state index is 12.7. The monoisotopic (exact) mass is 451 g/mol. The molecule has 2 amide bonds. The second-order valence-electron chi connectivity index (χ2n) is 7.30. The van der Waals surface area contributed by atoms with Gasteiger partial charge in [-0.25, -0.2) is 12.7 Å². The van der Waals surface area contributed by atoms with Crippen molar-refractivity contribution in [1.29, 1.82) is 0 Å². The second-order valence-corrected chi connectivity index (χ2v) is 9.45. The van der Waals surface area contributed by atoms with Gasteiger partial charge in [0.1, 0.15) is 0 Å². The summed E-state index contributed by atoms with van der Waals surface area (Å²) in [5.74, 6) is -0.729. The lowest BCUT2D eigenvalue weighted by molar-refractivity contribution is 0.0955. The van der Waals surface area contributed by atoms with Crippen LogP contribution >= 0.6 is 0 Å². The Morgan fingerprint density at radius 3 is 2.09 bits per heavy atom. The highest BCUT2D eigenvalue weighted by Crippen LogP contribution is 2.18. The number of hydrogen-bond acceptors (Lipinski definition) is 4. The molecule has 0 aromatic heterocycles. The summed E-state index contributed by atoms with van der Waals surface area (Å²) in [6.45, 7) is 0.465. The van der Waals surface area contributed by atoms with Crippen LogP contribution in [-0.4, -0.2) is 45.2 Å². The molecule has 0 radical (unpaired) electrons. The van der Waals surface area contributed by atoms with E-state index >= 15 is 0 Å². The quantitative estimate of drug-likeness (QED) is 0.550. The Balaban J connectivity index is 1.67. The Kier molecular flexibility index (Phi) is 7.40. The van der Waals surface area contributed by atoms with E-state index in [0.29, 0.717) is 24.2 Å². The first-order valence-corrected chi connectivity index (χ1v) is 11.5. The van der Waals surface area contributed by atoms with Crippen molar-refractivity contribution in [3.8, 4) is 0 Å². The molecule has 0 aliphatic rings. The lowest BCUT2D eigenvalue weighted by Gasteiger charge is -2.13. The van der Waals surface area contributed by atoms with Crippen molar-refractivity contribution in [2.45, 2.75) is 11.3 Å². The average molecular weight is 452 g/mol. The summed E-state index contributed by atoms with van der Waals surface area (Å²) < 4.78 is 25.5. The molecule has 0 fully saturated rings. The fourth-order valence-electron chi connectivity index (χ4n) is 3.03. The zero-order valence-corrected chi connectivity index (χ0v) is 18.7. The fraction of sp³-hybridized carbons (Fsp3) is 0.167. The molecular weight excluding hydrogens is 426 g/mol. The lowest BCUT2D eigenvalue weighted by Crippen LogP contribution is -2.27. The molecule has 166 valence electrons. The van der Waals surface area contributed by atoms with Crippen LogP contribution in [0.25, 0.3) is 0 Å². The average Bonchev–Trinajstić information content (AvgIpc) is 2.80. The number of para-hydroxylation sites is 1. The van der Waals surface area contributed by atoms with E-state index in [1.165, 1.54) is 38.4 Å². The van der Waals surface area contributed by atoms with E-state index in [0.717, 1.165) is 9.87 Å². The maximum absolute atomic E-state index is 12.7. The van der Waals surface area contributed by atoms with Crippen LogP contribution in [0.15, 0.2) is 83.8 Å². The Bertz CT molecular complexity index is 1190. The van der Waals surface area contributed by atoms with Gasteiger partial charge in [-0.05, 0) is 48.4 Å². The van der Waals surface area contributed by atoms with Crippen LogP contribution in [-0.2, 0) is 16.4 Å². The topological polar surface area (TPSA) is 95.6 Å². The summed E-state index contributed by atoms with van der Waals surface area (Å²) >= 11 is 0. The van der Waals surface area contributed by atoms with E-state index in [-0.39, 0.29) is 16.4 Å². The van der Waals surface area contributed by atoms with Gasteiger partial charge in [0.15, 0.2) is 0 Å².